The second-order valence-corrected chi connectivity index (χ2v) is 6.76. The van der Waals surface area contributed by atoms with Gasteiger partial charge < -0.3 is 9.88 Å². The summed E-state index contributed by atoms with van der Waals surface area (Å²) in [6, 6.07) is 9.73. The number of carbonyl (C=O) groups is 1. The van der Waals surface area contributed by atoms with Gasteiger partial charge in [0.1, 0.15) is 5.82 Å². The zero-order valence-corrected chi connectivity index (χ0v) is 14.1. The normalized spacial score (nSPS) is 15.3. The Balaban J connectivity index is 1.76. The summed E-state index contributed by atoms with van der Waals surface area (Å²) in [7, 11) is 0. The van der Waals surface area contributed by atoms with Crippen molar-refractivity contribution in [3.8, 4) is 0 Å². The Hall–Kier alpha value is -2.69. The molecule has 0 fully saturated rings. The minimum absolute atomic E-state index is 0.0356. The number of amides is 1. The van der Waals surface area contributed by atoms with Crippen molar-refractivity contribution in [2.24, 2.45) is 5.92 Å². The van der Waals surface area contributed by atoms with Crippen molar-refractivity contribution in [3.05, 3.63) is 59.2 Å². The molecular formula is C19H20N4O. The second kappa shape index (κ2) is 5.44. The molecule has 3 heterocycles. The molecular weight excluding hydrogens is 300 g/mol. The monoisotopic (exact) mass is 320 g/mol. The molecule has 0 spiro atoms. The third-order valence-electron chi connectivity index (χ3n) is 4.60. The van der Waals surface area contributed by atoms with E-state index in [1.165, 1.54) is 5.56 Å². The minimum Gasteiger partial charge on any atom is -0.340 e. The van der Waals surface area contributed by atoms with E-state index >= 15 is 0 Å². The first-order valence-electron chi connectivity index (χ1n) is 8.25. The Bertz CT molecular complexity index is 928. The predicted molar refractivity (Wildman–Crippen MR) is 92.5 cm³/mol. The highest BCUT2D eigenvalue weighted by Gasteiger charge is 2.37. The number of nitrogens with one attached hydrogen (secondary N) is 1. The van der Waals surface area contributed by atoms with Crippen LogP contribution in [-0.4, -0.2) is 25.8 Å². The van der Waals surface area contributed by atoms with Crippen LogP contribution in [0, 0.1) is 12.8 Å². The molecule has 4 rings (SSSR count). The van der Waals surface area contributed by atoms with Gasteiger partial charge in [-0.05, 0) is 42.7 Å². The standard InChI is InChI=1S/C19H20N4O/c1-11(2)17(18-21-14-7-6-12(3)9-15(14)22-18)23-10-16-13(19(23)24)5-4-8-20-16/h4-9,11,17H,10H2,1-3H3,(H,21,22)/t17-/m1/s1. The lowest BCUT2D eigenvalue weighted by Crippen LogP contribution is -2.33. The summed E-state index contributed by atoms with van der Waals surface area (Å²) in [5.41, 5.74) is 4.68. The van der Waals surface area contributed by atoms with E-state index in [-0.39, 0.29) is 17.9 Å². The van der Waals surface area contributed by atoms with E-state index in [2.05, 4.69) is 42.9 Å². The molecule has 0 bridgehead atoms. The smallest absolute Gasteiger partial charge is 0.256 e. The van der Waals surface area contributed by atoms with Crippen LogP contribution in [0.15, 0.2) is 36.5 Å². The number of hydrogen-bond acceptors (Lipinski definition) is 3. The molecule has 1 amide bonds. The van der Waals surface area contributed by atoms with Crippen LogP contribution < -0.4 is 0 Å². The van der Waals surface area contributed by atoms with Crippen molar-refractivity contribution in [2.75, 3.05) is 0 Å². The van der Waals surface area contributed by atoms with E-state index in [9.17, 15) is 4.79 Å². The Morgan fingerprint density at radius 2 is 2.08 bits per heavy atom. The van der Waals surface area contributed by atoms with Crippen molar-refractivity contribution in [2.45, 2.75) is 33.4 Å². The number of carbonyl (C=O) groups excluding carboxylic acids is 1. The summed E-state index contributed by atoms with van der Waals surface area (Å²) in [5, 5.41) is 0. The van der Waals surface area contributed by atoms with Crippen LogP contribution in [0.2, 0.25) is 0 Å². The van der Waals surface area contributed by atoms with Gasteiger partial charge in [0.25, 0.3) is 5.91 Å². The third kappa shape index (κ3) is 2.28. The molecule has 0 saturated carbocycles. The average Bonchev–Trinajstić information content (AvgIpc) is 3.09. The molecule has 1 atom stereocenters. The second-order valence-electron chi connectivity index (χ2n) is 6.76. The zero-order valence-electron chi connectivity index (χ0n) is 14.1. The van der Waals surface area contributed by atoms with Crippen LogP contribution in [0.4, 0.5) is 0 Å². The van der Waals surface area contributed by atoms with Gasteiger partial charge in [0.15, 0.2) is 0 Å². The molecule has 2 aromatic heterocycles. The summed E-state index contributed by atoms with van der Waals surface area (Å²) in [6.45, 7) is 6.83. The van der Waals surface area contributed by atoms with Crippen LogP contribution >= 0.6 is 0 Å². The van der Waals surface area contributed by atoms with E-state index in [0.717, 1.165) is 22.6 Å². The molecule has 0 aliphatic carbocycles. The van der Waals surface area contributed by atoms with Gasteiger partial charge in [-0.2, -0.15) is 0 Å². The van der Waals surface area contributed by atoms with Gasteiger partial charge in [-0.25, -0.2) is 4.98 Å². The van der Waals surface area contributed by atoms with Gasteiger partial charge in [-0.3, -0.25) is 9.78 Å². The molecule has 1 aromatic carbocycles. The first kappa shape index (κ1) is 14.9. The molecule has 0 unspecified atom stereocenters. The number of fused-ring (bicyclic) bond motifs is 2. The topological polar surface area (TPSA) is 61.9 Å². The van der Waals surface area contributed by atoms with Crippen molar-refractivity contribution in [3.63, 3.8) is 0 Å². The molecule has 0 saturated heterocycles. The van der Waals surface area contributed by atoms with Gasteiger partial charge in [0.05, 0.1) is 34.9 Å². The van der Waals surface area contributed by atoms with Gasteiger partial charge in [0.2, 0.25) is 0 Å². The van der Waals surface area contributed by atoms with E-state index < -0.39 is 0 Å². The van der Waals surface area contributed by atoms with Gasteiger partial charge >= 0.3 is 0 Å². The zero-order chi connectivity index (χ0) is 16.8. The lowest BCUT2D eigenvalue weighted by atomic mass is 10.0. The summed E-state index contributed by atoms with van der Waals surface area (Å²) in [6.07, 6.45) is 1.74. The maximum atomic E-state index is 12.8. The van der Waals surface area contributed by atoms with Crippen LogP contribution in [-0.2, 0) is 6.54 Å². The number of hydrogen-bond donors (Lipinski definition) is 1. The number of aromatic nitrogens is 3. The average molecular weight is 320 g/mol. The number of benzene rings is 1. The van der Waals surface area contributed by atoms with Crippen molar-refractivity contribution < 1.29 is 4.79 Å². The highest BCUT2D eigenvalue weighted by Crippen LogP contribution is 2.34. The minimum atomic E-state index is -0.0978. The van der Waals surface area contributed by atoms with Crippen LogP contribution in [0.25, 0.3) is 11.0 Å². The van der Waals surface area contributed by atoms with Gasteiger partial charge in [0, 0.05) is 6.20 Å². The fraction of sp³-hybridized carbons (Fsp3) is 0.316. The highest BCUT2D eigenvalue weighted by atomic mass is 16.2. The summed E-state index contributed by atoms with van der Waals surface area (Å²) in [4.78, 5) is 27.2. The summed E-state index contributed by atoms with van der Waals surface area (Å²) >= 11 is 0. The first-order valence-corrected chi connectivity index (χ1v) is 8.25. The maximum Gasteiger partial charge on any atom is 0.256 e. The number of aryl methyl sites for hydroxylation is 1. The summed E-state index contributed by atoms with van der Waals surface area (Å²) in [5.74, 6) is 1.12. The number of aromatic amines is 1. The number of H-pyrrole nitrogens is 1. The van der Waals surface area contributed by atoms with E-state index in [0.29, 0.717) is 12.1 Å². The number of imidazole rings is 1. The highest BCUT2D eigenvalue weighted by molar-refractivity contribution is 5.98. The fourth-order valence-corrected chi connectivity index (χ4v) is 3.48. The summed E-state index contributed by atoms with van der Waals surface area (Å²) < 4.78 is 0. The molecule has 0 radical (unpaired) electrons. The Labute approximate surface area is 140 Å². The van der Waals surface area contributed by atoms with E-state index in [4.69, 9.17) is 4.98 Å². The van der Waals surface area contributed by atoms with Crippen LogP contribution in [0.5, 0.6) is 0 Å². The number of nitrogens with zero attached hydrogens (tertiary/aromatic N) is 3. The molecule has 1 aliphatic rings. The molecule has 1 aliphatic heterocycles. The molecule has 5 heteroatoms. The third-order valence-corrected chi connectivity index (χ3v) is 4.60. The molecule has 3 aromatic rings. The Kier molecular flexibility index (Phi) is 3.37. The Morgan fingerprint density at radius 3 is 2.83 bits per heavy atom. The van der Waals surface area contributed by atoms with E-state index in [1.54, 1.807) is 6.20 Å². The van der Waals surface area contributed by atoms with Crippen LogP contribution in [0.1, 0.15) is 47.3 Å². The first-order chi connectivity index (χ1) is 11.5. The lowest BCUT2D eigenvalue weighted by Gasteiger charge is -2.29. The quantitative estimate of drug-likeness (QED) is 0.802. The van der Waals surface area contributed by atoms with Crippen molar-refractivity contribution in [1.29, 1.82) is 0 Å². The number of pyridine rings is 1. The van der Waals surface area contributed by atoms with Crippen molar-refractivity contribution >= 4 is 16.9 Å². The van der Waals surface area contributed by atoms with Gasteiger partial charge in [-0.1, -0.05) is 19.9 Å². The van der Waals surface area contributed by atoms with Gasteiger partial charge in [-0.15, -0.1) is 0 Å². The SMILES string of the molecule is Cc1ccc2nc([C@@H](C(C)C)N3Cc4ncccc4C3=O)[nH]c2c1. The maximum absolute atomic E-state index is 12.8. The van der Waals surface area contributed by atoms with Crippen LogP contribution in [0.3, 0.4) is 0 Å². The molecule has 122 valence electrons. The Morgan fingerprint density at radius 1 is 1.25 bits per heavy atom. The van der Waals surface area contributed by atoms with E-state index in [1.807, 2.05) is 23.1 Å². The lowest BCUT2D eigenvalue weighted by molar-refractivity contribution is 0.0637. The number of rotatable bonds is 3. The largest absolute Gasteiger partial charge is 0.340 e. The molecule has 5 nitrogen and oxygen atoms in total. The predicted octanol–water partition coefficient (Wildman–Crippen LogP) is 3.62. The molecule has 1 N–H and O–H groups in total. The fourth-order valence-electron chi connectivity index (χ4n) is 3.48. The van der Waals surface area contributed by atoms with Crippen molar-refractivity contribution in [1.82, 2.24) is 19.9 Å². The molecule has 24 heavy (non-hydrogen) atoms.